The van der Waals surface area contributed by atoms with E-state index >= 15 is 0 Å². The third kappa shape index (κ3) is 18.4. The molecule has 1 heterocycles. The van der Waals surface area contributed by atoms with E-state index in [2.05, 4.69) is 62.8 Å². The summed E-state index contributed by atoms with van der Waals surface area (Å²) in [5, 5.41) is 15.1. The Hall–Kier alpha value is -4.38. The van der Waals surface area contributed by atoms with Gasteiger partial charge < -0.3 is 31.5 Å². The first-order valence-corrected chi connectivity index (χ1v) is 18.8. The summed E-state index contributed by atoms with van der Waals surface area (Å²) >= 11 is 1.75. The van der Waals surface area contributed by atoms with Crippen LogP contribution in [0.1, 0.15) is 74.6 Å². The molecule has 0 bridgehead atoms. The third-order valence-electron chi connectivity index (χ3n) is 7.74. The van der Waals surface area contributed by atoms with Crippen molar-refractivity contribution in [3.8, 4) is 17.6 Å². The van der Waals surface area contributed by atoms with Crippen molar-refractivity contribution in [2.24, 2.45) is 37.6 Å². The monoisotopic (exact) mass is 723 g/mol. The second-order valence-corrected chi connectivity index (χ2v) is 11.9. The van der Waals surface area contributed by atoms with Gasteiger partial charge in [0.25, 0.3) is 0 Å². The zero-order valence-electron chi connectivity index (χ0n) is 32.0. The van der Waals surface area contributed by atoms with Gasteiger partial charge in [0.15, 0.2) is 0 Å². The van der Waals surface area contributed by atoms with E-state index in [0.29, 0.717) is 16.9 Å². The summed E-state index contributed by atoms with van der Waals surface area (Å²) in [4.78, 5) is 10.2. The number of aliphatic imine (C=N–C) groups is 2. The molecule has 0 unspecified atom stereocenters. The van der Waals surface area contributed by atoms with E-state index in [1.54, 1.807) is 37.1 Å². The number of morpholine rings is 1. The molecular weight excluding hydrogens is 663 g/mol. The van der Waals surface area contributed by atoms with Crippen LogP contribution in [-0.2, 0) is 4.74 Å². The molecule has 0 amide bonds. The van der Waals surface area contributed by atoms with Gasteiger partial charge in [0.05, 0.1) is 33.0 Å². The van der Waals surface area contributed by atoms with Gasteiger partial charge in [-0.05, 0) is 92.8 Å². The lowest BCUT2D eigenvalue weighted by Crippen LogP contribution is -2.44. The molecule has 2 aromatic rings. The maximum absolute atomic E-state index is 8.89. The van der Waals surface area contributed by atoms with E-state index in [9.17, 15) is 0 Å². The number of hydrogen-bond donors (Lipinski definition) is 3. The topological polar surface area (TPSA) is 182 Å². The largest absolute Gasteiger partial charge is 0.496 e. The summed E-state index contributed by atoms with van der Waals surface area (Å²) < 4.78 is 15.9. The number of rotatable bonds is 9. The minimum absolute atomic E-state index is 0.190. The molecule has 1 aliphatic heterocycles. The van der Waals surface area contributed by atoms with Gasteiger partial charge in [-0.2, -0.15) is 17.0 Å². The number of nitrogens with two attached hydrogens (primary N) is 3. The minimum Gasteiger partial charge on any atom is -0.496 e. The van der Waals surface area contributed by atoms with E-state index in [1.807, 2.05) is 39.4 Å². The Kier molecular flexibility index (Phi) is 26.8. The summed E-state index contributed by atoms with van der Waals surface area (Å²) in [6.45, 7) is 16.3. The zero-order valence-corrected chi connectivity index (χ0v) is 32.8. The first-order chi connectivity index (χ1) is 24.7. The molecule has 2 fully saturated rings. The fraction of sp³-hybridized carbons (Fsp3) is 0.500. The summed E-state index contributed by atoms with van der Waals surface area (Å²) in [7, 11) is 3.25. The van der Waals surface area contributed by atoms with Crippen LogP contribution in [0, 0.1) is 18.3 Å². The average molecular weight is 724 g/mol. The van der Waals surface area contributed by atoms with Crippen LogP contribution in [0.2, 0.25) is 0 Å². The number of nitrogens with zero attached hydrogens (tertiary/aromatic N) is 6. The van der Waals surface area contributed by atoms with Crippen molar-refractivity contribution in [3.63, 3.8) is 0 Å². The second kappa shape index (κ2) is 29.4. The molecule has 1 saturated heterocycles. The molecule has 0 atom stereocenters. The van der Waals surface area contributed by atoms with Crippen molar-refractivity contribution < 1.29 is 14.2 Å². The molecule has 6 N–H and O–H groups in total. The van der Waals surface area contributed by atoms with Crippen LogP contribution >= 0.6 is 11.8 Å². The van der Waals surface area contributed by atoms with Gasteiger partial charge in [-0.3, -0.25) is 9.89 Å². The molecule has 13 heteroatoms. The Bertz CT molecular complexity index is 1410. The molecular formula is C38H61N9O3S. The van der Waals surface area contributed by atoms with Gasteiger partial charge in [-0.1, -0.05) is 43.8 Å². The third-order valence-corrected chi connectivity index (χ3v) is 7.74. The minimum atomic E-state index is 0.190. The summed E-state index contributed by atoms with van der Waals surface area (Å²) in [6.07, 6.45) is 13.6. The highest BCUT2D eigenvalue weighted by molar-refractivity contribution is 7.97. The predicted octanol–water partition coefficient (Wildman–Crippen LogP) is 7.10. The van der Waals surface area contributed by atoms with Crippen LogP contribution in [-0.4, -0.2) is 83.1 Å². The number of benzene rings is 2. The molecule has 4 rings (SSSR count). The van der Waals surface area contributed by atoms with Crippen molar-refractivity contribution in [1.29, 1.82) is 5.26 Å². The van der Waals surface area contributed by atoms with Crippen LogP contribution in [0.15, 0.2) is 75.3 Å². The second-order valence-electron chi connectivity index (χ2n) is 11.0. The molecule has 2 aromatic carbocycles. The highest BCUT2D eigenvalue weighted by Crippen LogP contribution is 2.36. The highest BCUT2D eigenvalue weighted by Gasteiger charge is 2.27. The Morgan fingerprint density at radius 1 is 1.06 bits per heavy atom. The Morgan fingerprint density at radius 2 is 1.69 bits per heavy atom. The lowest BCUT2D eigenvalue weighted by atomic mass is 9.80. The summed E-state index contributed by atoms with van der Waals surface area (Å²) in [5.41, 5.74) is 15.5. The van der Waals surface area contributed by atoms with Gasteiger partial charge >= 0.3 is 0 Å². The maximum Gasteiger partial charge on any atom is 0.137 e. The fourth-order valence-electron chi connectivity index (χ4n) is 5.35. The molecule has 1 aliphatic carbocycles. The molecule has 0 aromatic heterocycles. The van der Waals surface area contributed by atoms with Crippen LogP contribution in [0.25, 0.3) is 5.57 Å². The maximum atomic E-state index is 8.89. The van der Waals surface area contributed by atoms with Gasteiger partial charge in [0.2, 0.25) is 0 Å². The number of methoxy groups -OCH3 is 2. The summed E-state index contributed by atoms with van der Waals surface area (Å²) in [5.74, 6) is 7.04. The molecule has 282 valence electrons. The first kappa shape index (κ1) is 46.6. The van der Waals surface area contributed by atoms with E-state index < -0.39 is 0 Å². The predicted molar refractivity (Wildman–Crippen MR) is 216 cm³/mol. The SMILES string of the molecule is C=C(N)/N=C\C(=C/N)c1ccc(C#N)c(OC)c1.CC.CCN=CN=NN.COc1ccc(C2CCC(N3CCOCC3)CC2)cc1C.CSC. The highest BCUT2D eigenvalue weighted by atomic mass is 32.2. The molecule has 12 nitrogen and oxygen atoms in total. The fourth-order valence-corrected chi connectivity index (χ4v) is 5.35. The number of allylic oxidation sites excluding steroid dienone is 1. The standard InChI is InChI=1S/C18H27NO2.C13H14N4O.C3H8N4.C2H6S.C2H6/c1-14-13-16(5-8-18(14)20-2)15-3-6-17(7-4-15)19-9-11-21-12-10-19;1-9(16)17-8-12(7-15)10-3-4-11(6-14)13(5-10)18-2;1-2-5-3-6-7-4;1-3-2;1-2/h5,8,13,15,17H,3-4,6-7,9-12H2,1-2H3;3-5,7-8H,1,15-16H2,2H3;3H,2H2,1H3,(H2,4,5,6);1-2H3;1-2H3/b;12-7+,17-8-;;;. The zero-order chi connectivity index (χ0) is 38.4. The summed E-state index contributed by atoms with van der Waals surface area (Å²) in [6, 6.07) is 14.6. The molecule has 1 saturated carbocycles. The van der Waals surface area contributed by atoms with Crippen molar-refractivity contribution in [2.75, 3.05) is 59.6 Å². The van der Waals surface area contributed by atoms with Gasteiger partial charge in [-0.15, -0.1) is 5.11 Å². The van der Waals surface area contributed by atoms with Crippen LogP contribution in [0.3, 0.4) is 0 Å². The lowest BCUT2D eigenvalue weighted by molar-refractivity contribution is 0.00729. The van der Waals surface area contributed by atoms with Gasteiger partial charge in [0.1, 0.15) is 29.7 Å². The molecule has 0 radical (unpaired) electrons. The number of ether oxygens (including phenoxy) is 3. The first-order valence-electron chi connectivity index (χ1n) is 17.2. The molecule has 2 aliphatic rings. The van der Waals surface area contributed by atoms with Crippen molar-refractivity contribution >= 4 is 29.9 Å². The number of hydrogen-bond acceptors (Lipinski definition) is 11. The van der Waals surface area contributed by atoms with Crippen LogP contribution < -0.4 is 26.8 Å². The average Bonchev–Trinajstić information content (AvgIpc) is 3.17. The van der Waals surface area contributed by atoms with Crippen molar-refractivity contribution in [2.45, 2.75) is 65.3 Å². The lowest BCUT2D eigenvalue weighted by Gasteiger charge is -2.39. The van der Waals surface area contributed by atoms with Crippen molar-refractivity contribution in [3.05, 3.63) is 77.3 Å². The normalized spacial score (nSPS) is 17.4. The van der Waals surface area contributed by atoms with Crippen LogP contribution in [0.4, 0.5) is 0 Å². The molecule has 51 heavy (non-hydrogen) atoms. The Balaban J connectivity index is 0.000000755. The smallest absolute Gasteiger partial charge is 0.137 e. The van der Waals surface area contributed by atoms with Gasteiger partial charge in [0, 0.05) is 43.7 Å². The number of aryl methyl sites for hydroxylation is 1. The number of nitriles is 1. The van der Waals surface area contributed by atoms with E-state index in [-0.39, 0.29) is 5.82 Å². The van der Waals surface area contributed by atoms with E-state index in [4.69, 9.17) is 30.9 Å². The van der Waals surface area contributed by atoms with Gasteiger partial charge in [-0.25, -0.2) is 4.99 Å². The molecule has 0 spiro atoms. The van der Waals surface area contributed by atoms with E-state index in [1.165, 1.54) is 62.7 Å². The Morgan fingerprint density at radius 3 is 2.18 bits per heavy atom. The van der Waals surface area contributed by atoms with Crippen LogP contribution in [0.5, 0.6) is 11.5 Å². The van der Waals surface area contributed by atoms with E-state index in [0.717, 1.165) is 56.1 Å². The number of thioether (sulfide) groups is 1. The van der Waals surface area contributed by atoms with Crippen molar-refractivity contribution in [1.82, 2.24) is 4.90 Å². The quantitative estimate of drug-likeness (QED) is 0.0799. The Labute approximate surface area is 310 Å².